The molecule has 1 rings (SSSR count). The van der Waals surface area contributed by atoms with E-state index in [1.807, 2.05) is 6.07 Å². The van der Waals surface area contributed by atoms with E-state index >= 15 is 0 Å². The molecule has 19 heavy (non-hydrogen) atoms. The Kier molecular flexibility index (Phi) is 8.05. The van der Waals surface area contributed by atoms with Crippen molar-refractivity contribution in [3.8, 4) is 0 Å². The van der Waals surface area contributed by atoms with Gasteiger partial charge in [-0.3, -0.25) is 4.99 Å². The molecule has 0 atom stereocenters. The van der Waals surface area contributed by atoms with Gasteiger partial charge in [0, 0.05) is 25.9 Å². The molecule has 1 aromatic rings. The van der Waals surface area contributed by atoms with Crippen molar-refractivity contribution in [3.63, 3.8) is 0 Å². The number of guanidine groups is 1. The molecular weight excluding hydrogens is 261 g/mol. The highest BCUT2D eigenvalue weighted by Gasteiger charge is 1.98. The maximum atomic E-state index is 13.0. The Hall–Kier alpha value is -1.23. The van der Waals surface area contributed by atoms with Gasteiger partial charge in [0.05, 0.1) is 0 Å². The van der Waals surface area contributed by atoms with E-state index in [2.05, 4.69) is 21.9 Å². The van der Waals surface area contributed by atoms with Crippen LogP contribution >= 0.6 is 11.8 Å². The SMILES string of the molecule is CN=C(NCCCc1cccc(F)c1)NCCSC. The molecule has 0 aliphatic carbocycles. The van der Waals surface area contributed by atoms with E-state index in [0.717, 1.165) is 43.2 Å². The summed E-state index contributed by atoms with van der Waals surface area (Å²) in [7, 11) is 1.76. The van der Waals surface area contributed by atoms with E-state index in [0.29, 0.717) is 0 Å². The molecule has 5 heteroatoms. The minimum Gasteiger partial charge on any atom is -0.356 e. The Bertz CT molecular complexity index is 396. The number of aryl methyl sites for hydroxylation is 1. The molecule has 0 aliphatic rings. The van der Waals surface area contributed by atoms with Crippen molar-refractivity contribution in [1.82, 2.24) is 10.6 Å². The predicted octanol–water partition coefficient (Wildman–Crippen LogP) is 2.29. The first-order valence-electron chi connectivity index (χ1n) is 6.44. The molecule has 0 spiro atoms. The van der Waals surface area contributed by atoms with Gasteiger partial charge in [-0.15, -0.1) is 0 Å². The maximum absolute atomic E-state index is 13.0. The highest BCUT2D eigenvalue weighted by molar-refractivity contribution is 7.98. The van der Waals surface area contributed by atoms with E-state index in [9.17, 15) is 4.39 Å². The number of hydrogen-bond donors (Lipinski definition) is 2. The Morgan fingerprint density at radius 1 is 1.32 bits per heavy atom. The molecule has 0 saturated heterocycles. The lowest BCUT2D eigenvalue weighted by atomic mass is 10.1. The summed E-state index contributed by atoms with van der Waals surface area (Å²) < 4.78 is 13.0. The molecule has 0 amide bonds. The molecular formula is C14H22FN3S. The van der Waals surface area contributed by atoms with Gasteiger partial charge in [0.1, 0.15) is 5.82 Å². The van der Waals surface area contributed by atoms with Crippen molar-refractivity contribution < 1.29 is 4.39 Å². The van der Waals surface area contributed by atoms with Crippen molar-refractivity contribution in [2.24, 2.45) is 4.99 Å². The number of aliphatic imine (C=N–C) groups is 1. The van der Waals surface area contributed by atoms with Crippen LogP contribution in [0.1, 0.15) is 12.0 Å². The third-order valence-electron chi connectivity index (χ3n) is 2.65. The molecule has 0 saturated carbocycles. The first kappa shape index (κ1) is 15.8. The summed E-state index contributed by atoms with van der Waals surface area (Å²) >= 11 is 1.80. The molecule has 106 valence electrons. The van der Waals surface area contributed by atoms with Gasteiger partial charge in [-0.2, -0.15) is 11.8 Å². The fraction of sp³-hybridized carbons (Fsp3) is 0.500. The van der Waals surface area contributed by atoms with Crippen LogP contribution in [0.5, 0.6) is 0 Å². The van der Waals surface area contributed by atoms with Crippen molar-refractivity contribution in [2.75, 3.05) is 32.1 Å². The molecule has 0 aromatic heterocycles. The minimum atomic E-state index is -0.167. The normalized spacial score (nSPS) is 11.4. The molecule has 0 radical (unpaired) electrons. The van der Waals surface area contributed by atoms with Crippen LogP contribution < -0.4 is 10.6 Å². The number of halogens is 1. The molecule has 0 unspecified atom stereocenters. The zero-order chi connectivity index (χ0) is 13.9. The van der Waals surface area contributed by atoms with Crippen LogP contribution in [0.25, 0.3) is 0 Å². The van der Waals surface area contributed by atoms with E-state index in [-0.39, 0.29) is 5.82 Å². The van der Waals surface area contributed by atoms with Crippen LogP contribution in [0.2, 0.25) is 0 Å². The average Bonchev–Trinajstić information content (AvgIpc) is 2.41. The van der Waals surface area contributed by atoms with E-state index in [1.54, 1.807) is 30.9 Å². The summed E-state index contributed by atoms with van der Waals surface area (Å²) in [5.41, 5.74) is 1.03. The fourth-order valence-corrected chi connectivity index (χ4v) is 1.99. The molecule has 0 bridgehead atoms. The number of nitrogens with one attached hydrogen (secondary N) is 2. The Morgan fingerprint density at radius 3 is 2.79 bits per heavy atom. The van der Waals surface area contributed by atoms with Gasteiger partial charge in [0.2, 0.25) is 0 Å². The Labute approximate surface area is 119 Å². The van der Waals surface area contributed by atoms with Gasteiger partial charge in [0.15, 0.2) is 5.96 Å². The first-order valence-corrected chi connectivity index (χ1v) is 7.83. The number of hydrogen-bond acceptors (Lipinski definition) is 2. The van der Waals surface area contributed by atoms with Crippen LogP contribution in [0, 0.1) is 5.82 Å². The highest BCUT2D eigenvalue weighted by atomic mass is 32.2. The zero-order valence-corrected chi connectivity index (χ0v) is 12.4. The topological polar surface area (TPSA) is 36.4 Å². The number of thioether (sulfide) groups is 1. The molecule has 0 fully saturated rings. The second-order valence-electron chi connectivity index (χ2n) is 4.15. The highest BCUT2D eigenvalue weighted by Crippen LogP contribution is 2.05. The summed E-state index contributed by atoms with van der Waals surface area (Å²) in [4.78, 5) is 4.14. The third kappa shape index (κ3) is 7.06. The van der Waals surface area contributed by atoms with Gasteiger partial charge in [-0.05, 0) is 36.8 Å². The largest absolute Gasteiger partial charge is 0.356 e. The lowest BCUT2D eigenvalue weighted by molar-refractivity contribution is 0.624. The second kappa shape index (κ2) is 9.67. The molecule has 3 nitrogen and oxygen atoms in total. The van der Waals surface area contributed by atoms with Gasteiger partial charge in [0.25, 0.3) is 0 Å². The van der Waals surface area contributed by atoms with Crippen molar-refractivity contribution in [2.45, 2.75) is 12.8 Å². The van der Waals surface area contributed by atoms with Gasteiger partial charge < -0.3 is 10.6 Å². The Morgan fingerprint density at radius 2 is 2.11 bits per heavy atom. The monoisotopic (exact) mass is 283 g/mol. The first-order chi connectivity index (χ1) is 9.26. The van der Waals surface area contributed by atoms with Crippen LogP contribution in [0.15, 0.2) is 29.3 Å². The summed E-state index contributed by atoms with van der Waals surface area (Å²) in [5, 5.41) is 6.49. The number of benzene rings is 1. The zero-order valence-electron chi connectivity index (χ0n) is 11.6. The number of nitrogens with zero attached hydrogens (tertiary/aromatic N) is 1. The van der Waals surface area contributed by atoms with Crippen molar-refractivity contribution >= 4 is 17.7 Å². The van der Waals surface area contributed by atoms with Crippen LogP contribution in [0.3, 0.4) is 0 Å². The van der Waals surface area contributed by atoms with E-state index < -0.39 is 0 Å². The van der Waals surface area contributed by atoms with Gasteiger partial charge in [-0.1, -0.05) is 12.1 Å². The second-order valence-corrected chi connectivity index (χ2v) is 5.14. The summed E-state index contributed by atoms with van der Waals surface area (Å²) in [6.45, 7) is 1.74. The van der Waals surface area contributed by atoms with E-state index in [1.165, 1.54) is 6.07 Å². The van der Waals surface area contributed by atoms with Crippen LogP contribution in [-0.2, 0) is 6.42 Å². The molecule has 1 aromatic carbocycles. The maximum Gasteiger partial charge on any atom is 0.191 e. The lowest BCUT2D eigenvalue weighted by Gasteiger charge is -2.11. The van der Waals surface area contributed by atoms with Crippen molar-refractivity contribution in [3.05, 3.63) is 35.6 Å². The average molecular weight is 283 g/mol. The minimum absolute atomic E-state index is 0.167. The summed E-state index contributed by atoms with van der Waals surface area (Å²) in [5.74, 6) is 1.72. The van der Waals surface area contributed by atoms with E-state index in [4.69, 9.17) is 0 Å². The molecule has 0 heterocycles. The predicted molar refractivity (Wildman–Crippen MR) is 82.5 cm³/mol. The smallest absolute Gasteiger partial charge is 0.191 e. The van der Waals surface area contributed by atoms with Crippen LogP contribution in [0.4, 0.5) is 4.39 Å². The van der Waals surface area contributed by atoms with Crippen molar-refractivity contribution in [1.29, 1.82) is 0 Å². The Balaban J connectivity index is 2.18. The summed E-state index contributed by atoms with van der Waals surface area (Å²) in [6, 6.07) is 6.76. The quantitative estimate of drug-likeness (QED) is 0.458. The third-order valence-corrected chi connectivity index (χ3v) is 3.26. The van der Waals surface area contributed by atoms with Gasteiger partial charge in [-0.25, -0.2) is 4.39 Å². The molecule has 2 N–H and O–H groups in total. The molecule has 0 aliphatic heterocycles. The van der Waals surface area contributed by atoms with Gasteiger partial charge >= 0.3 is 0 Å². The van der Waals surface area contributed by atoms with Crippen LogP contribution in [-0.4, -0.2) is 38.1 Å². The summed E-state index contributed by atoms with van der Waals surface area (Å²) in [6.07, 6.45) is 3.90. The fourth-order valence-electron chi connectivity index (χ4n) is 1.68. The standard InChI is InChI=1S/C14H22FN3S/c1-16-14(18-9-10-19-2)17-8-4-6-12-5-3-7-13(15)11-12/h3,5,7,11H,4,6,8-10H2,1-2H3,(H2,16,17,18). The number of rotatable bonds is 7. The lowest BCUT2D eigenvalue weighted by Crippen LogP contribution is -2.38.